The maximum Gasteiger partial charge on any atom is 0.293 e. The minimum Gasteiger partial charge on any atom is -0.481 e. The third-order valence-corrected chi connectivity index (χ3v) is 4.76. The summed E-state index contributed by atoms with van der Waals surface area (Å²) in [4.78, 5) is 21.4. The summed E-state index contributed by atoms with van der Waals surface area (Å²) in [7, 11) is 3.25. The molecule has 7 nitrogen and oxygen atoms in total. The fraction of sp³-hybridized carbons (Fsp3) is 0.500. The number of methoxy groups -OCH3 is 2. The molecular formula is C18H23ClN4O3. The molecule has 8 heteroatoms. The average Bonchev–Trinajstić information content (AvgIpc) is 3.44. The molecule has 0 spiro atoms. The van der Waals surface area contributed by atoms with E-state index in [0.717, 1.165) is 18.4 Å². The van der Waals surface area contributed by atoms with Gasteiger partial charge in [-0.25, -0.2) is 9.97 Å². The number of nitrogens with one attached hydrogen (secondary N) is 1. The molecule has 1 aliphatic carbocycles. The van der Waals surface area contributed by atoms with E-state index < -0.39 is 0 Å². The van der Waals surface area contributed by atoms with Gasteiger partial charge in [0.05, 0.1) is 31.1 Å². The lowest BCUT2D eigenvalue weighted by molar-refractivity contribution is 0.0691. The van der Waals surface area contributed by atoms with Crippen LogP contribution in [0, 0.1) is 19.8 Å². The summed E-state index contributed by atoms with van der Waals surface area (Å²) < 4.78 is 12.3. The van der Waals surface area contributed by atoms with Gasteiger partial charge >= 0.3 is 0 Å². The Morgan fingerprint density at radius 2 is 2.08 bits per heavy atom. The maximum atomic E-state index is 12.8. The summed E-state index contributed by atoms with van der Waals surface area (Å²) >= 11 is 6.14. The molecule has 0 aromatic carbocycles. The monoisotopic (exact) mass is 378 g/mol. The Bertz CT molecular complexity index is 864. The van der Waals surface area contributed by atoms with Crippen molar-refractivity contribution in [2.45, 2.75) is 39.3 Å². The highest BCUT2D eigenvalue weighted by molar-refractivity contribution is 6.29. The zero-order valence-electron chi connectivity index (χ0n) is 15.4. The van der Waals surface area contributed by atoms with Crippen molar-refractivity contribution in [3.63, 3.8) is 0 Å². The van der Waals surface area contributed by atoms with E-state index in [1.54, 1.807) is 25.0 Å². The number of pyridine rings is 1. The third-order valence-electron chi connectivity index (χ3n) is 4.58. The summed E-state index contributed by atoms with van der Waals surface area (Å²) in [6.45, 7) is 4.18. The molecule has 2 aromatic rings. The summed E-state index contributed by atoms with van der Waals surface area (Å²) in [5.74, 6) is 1.22. The molecule has 0 radical (unpaired) electrons. The highest BCUT2D eigenvalue weighted by Crippen LogP contribution is 2.34. The van der Waals surface area contributed by atoms with Gasteiger partial charge in [-0.1, -0.05) is 11.6 Å². The standard InChI is InChI=1S/C18H23ClN4O3/c1-10-7-13(11(2)20-17(10)26-4)21-16-18(24)23(9-15(19)22-16)8-14(25-3)12-5-6-12/h7,9,12,14H,5-6,8H2,1-4H3,(H,21,22)/t14-/m1/s1. The number of rotatable bonds is 7. The van der Waals surface area contributed by atoms with E-state index in [1.165, 1.54) is 0 Å². The van der Waals surface area contributed by atoms with E-state index >= 15 is 0 Å². The molecule has 26 heavy (non-hydrogen) atoms. The van der Waals surface area contributed by atoms with Crippen LogP contribution in [0.3, 0.4) is 0 Å². The Morgan fingerprint density at radius 3 is 2.69 bits per heavy atom. The summed E-state index contributed by atoms with van der Waals surface area (Å²) in [6.07, 6.45) is 3.82. The van der Waals surface area contributed by atoms with Gasteiger partial charge in [0.2, 0.25) is 5.88 Å². The van der Waals surface area contributed by atoms with Crippen molar-refractivity contribution >= 4 is 23.1 Å². The molecule has 0 bridgehead atoms. The summed E-state index contributed by atoms with van der Waals surface area (Å²) in [5.41, 5.74) is 2.00. The molecular weight excluding hydrogens is 356 g/mol. The van der Waals surface area contributed by atoms with Crippen molar-refractivity contribution in [3.05, 3.63) is 39.0 Å². The van der Waals surface area contributed by atoms with Crippen molar-refractivity contribution in [2.24, 2.45) is 5.92 Å². The highest BCUT2D eigenvalue weighted by Gasteiger charge is 2.31. The molecule has 2 heterocycles. The van der Waals surface area contributed by atoms with Crippen molar-refractivity contribution in [1.82, 2.24) is 14.5 Å². The first-order chi connectivity index (χ1) is 12.4. The maximum absolute atomic E-state index is 12.8. The van der Waals surface area contributed by atoms with Crippen LogP contribution in [0.4, 0.5) is 11.5 Å². The van der Waals surface area contributed by atoms with E-state index in [1.807, 2.05) is 19.9 Å². The Labute approximate surface area is 157 Å². The van der Waals surface area contributed by atoms with Crippen molar-refractivity contribution < 1.29 is 9.47 Å². The quantitative estimate of drug-likeness (QED) is 0.797. The molecule has 1 N–H and O–H groups in total. The summed E-state index contributed by atoms with van der Waals surface area (Å²) in [6, 6.07) is 1.87. The van der Waals surface area contributed by atoms with Crippen molar-refractivity contribution in [1.29, 1.82) is 0 Å². The SMILES string of the molecule is COc1nc(C)c(Nc2nc(Cl)cn(C[C@@H](OC)C3CC3)c2=O)cc1C. The average molecular weight is 379 g/mol. The number of halogens is 1. The number of ether oxygens (including phenoxy) is 2. The molecule has 140 valence electrons. The fourth-order valence-electron chi connectivity index (χ4n) is 2.95. The largest absolute Gasteiger partial charge is 0.481 e. The molecule has 1 atom stereocenters. The molecule has 1 aliphatic rings. The van der Waals surface area contributed by atoms with Gasteiger partial charge < -0.3 is 19.4 Å². The molecule has 3 rings (SSSR count). The number of hydrogen-bond acceptors (Lipinski definition) is 6. The van der Waals surface area contributed by atoms with E-state index in [2.05, 4.69) is 15.3 Å². The number of aromatic nitrogens is 3. The Kier molecular flexibility index (Phi) is 5.48. The van der Waals surface area contributed by atoms with Crippen LogP contribution in [0.15, 0.2) is 17.1 Å². The number of hydrogen-bond donors (Lipinski definition) is 1. The second kappa shape index (κ2) is 7.63. The van der Waals surface area contributed by atoms with Crippen LogP contribution in [-0.2, 0) is 11.3 Å². The molecule has 0 unspecified atom stereocenters. The minimum atomic E-state index is -0.245. The zero-order valence-corrected chi connectivity index (χ0v) is 16.1. The number of aryl methyl sites for hydroxylation is 2. The van der Waals surface area contributed by atoms with Crippen LogP contribution in [-0.4, -0.2) is 34.9 Å². The predicted octanol–water partition coefficient (Wildman–Crippen LogP) is 3.09. The van der Waals surface area contributed by atoms with Gasteiger partial charge in [-0.05, 0) is 38.7 Å². The Balaban J connectivity index is 1.91. The second-order valence-electron chi connectivity index (χ2n) is 6.55. The number of nitrogens with zero attached hydrogens (tertiary/aromatic N) is 3. The van der Waals surface area contributed by atoms with Crippen LogP contribution < -0.4 is 15.6 Å². The Morgan fingerprint density at radius 1 is 1.35 bits per heavy atom. The molecule has 0 amide bonds. The fourth-order valence-corrected chi connectivity index (χ4v) is 3.15. The lowest BCUT2D eigenvalue weighted by atomic mass is 10.2. The van der Waals surface area contributed by atoms with E-state index in [-0.39, 0.29) is 22.6 Å². The molecule has 1 fully saturated rings. The lowest BCUT2D eigenvalue weighted by Gasteiger charge is -2.17. The van der Waals surface area contributed by atoms with Crippen LogP contribution in [0.25, 0.3) is 0 Å². The summed E-state index contributed by atoms with van der Waals surface area (Å²) in [5, 5.41) is 3.31. The van der Waals surface area contributed by atoms with Gasteiger partial charge in [-0.2, -0.15) is 0 Å². The normalized spacial score (nSPS) is 15.0. The number of anilines is 2. The van der Waals surface area contributed by atoms with Crippen LogP contribution >= 0.6 is 11.6 Å². The smallest absolute Gasteiger partial charge is 0.293 e. The van der Waals surface area contributed by atoms with E-state index in [0.29, 0.717) is 29.7 Å². The zero-order chi connectivity index (χ0) is 18.8. The third kappa shape index (κ3) is 3.99. The van der Waals surface area contributed by atoms with Crippen LogP contribution in [0.1, 0.15) is 24.1 Å². The second-order valence-corrected chi connectivity index (χ2v) is 6.94. The van der Waals surface area contributed by atoms with E-state index in [4.69, 9.17) is 21.1 Å². The van der Waals surface area contributed by atoms with Gasteiger partial charge in [-0.3, -0.25) is 4.79 Å². The Hall–Kier alpha value is -2.12. The van der Waals surface area contributed by atoms with Gasteiger partial charge in [0, 0.05) is 18.9 Å². The first-order valence-electron chi connectivity index (χ1n) is 8.52. The predicted molar refractivity (Wildman–Crippen MR) is 101 cm³/mol. The molecule has 2 aromatic heterocycles. The molecule has 1 saturated carbocycles. The molecule has 0 saturated heterocycles. The van der Waals surface area contributed by atoms with Crippen molar-refractivity contribution in [2.75, 3.05) is 19.5 Å². The minimum absolute atomic E-state index is 0.00523. The van der Waals surface area contributed by atoms with Crippen molar-refractivity contribution in [3.8, 4) is 5.88 Å². The van der Waals surface area contributed by atoms with Crippen LogP contribution in [0.2, 0.25) is 5.15 Å². The van der Waals surface area contributed by atoms with Crippen LogP contribution in [0.5, 0.6) is 5.88 Å². The molecule has 0 aliphatic heterocycles. The first-order valence-corrected chi connectivity index (χ1v) is 8.89. The van der Waals surface area contributed by atoms with Gasteiger partial charge in [0.15, 0.2) is 5.82 Å². The first kappa shape index (κ1) is 18.7. The van der Waals surface area contributed by atoms with Gasteiger partial charge in [-0.15, -0.1) is 0 Å². The topological polar surface area (TPSA) is 78.3 Å². The van der Waals surface area contributed by atoms with Gasteiger partial charge in [0.25, 0.3) is 5.56 Å². The van der Waals surface area contributed by atoms with E-state index in [9.17, 15) is 4.79 Å². The lowest BCUT2D eigenvalue weighted by Crippen LogP contribution is -2.30. The van der Waals surface area contributed by atoms with Gasteiger partial charge in [0.1, 0.15) is 5.15 Å². The highest BCUT2D eigenvalue weighted by atomic mass is 35.5.